The number of carbonyl (C=O) groups is 2. The van der Waals surface area contributed by atoms with Crippen LogP contribution in [0.4, 0.5) is 5.82 Å². The predicted molar refractivity (Wildman–Crippen MR) is 232 cm³/mol. The number of likely N-dealkylation sites (tertiary alicyclic amines) is 1. The first-order valence-corrected chi connectivity index (χ1v) is 22.0. The highest BCUT2D eigenvalue weighted by Gasteiger charge is 2.53. The number of aryl methyl sites for hydroxylation is 1. The Kier molecular flexibility index (Phi) is 12.7. The van der Waals surface area contributed by atoms with E-state index in [1.807, 2.05) is 71.4 Å². The van der Waals surface area contributed by atoms with Crippen LogP contribution in [-0.4, -0.2) is 75.3 Å². The van der Waals surface area contributed by atoms with Crippen molar-refractivity contribution in [3.05, 3.63) is 94.1 Å². The van der Waals surface area contributed by atoms with E-state index in [1.165, 1.54) is 15.3 Å². The Morgan fingerprint density at radius 1 is 1.07 bits per heavy atom. The number of aromatic nitrogens is 4. The van der Waals surface area contributed by atoms with Gasteiger partial charge in [0.25, 0.3) is 0 Å². The Morgan fingerprint density at radius 2 is 1.83 bits per heavy atom. The minimum Gasteiger partial charge on any atom is -0.507 e. The molecule has 1 saturated carbocycles. The number of nitrogens with one attached hydrogen (secondary N) is 1. The summed E-state index contributed by atoms with van der Waals surface area (Å²) >= 11 is 3.38. The fraction of sp³-hybridized carbons (Fsp3) is 0.422. The molecule has 6 heterocycles. The van der Waals surface area contributed by atoms with Crippen LogP contribution < -0.4 is 10.2 Å². The Morgan fingerprint density at radius 3 is 2.48 bits per heavy atom. The number of nitrogens with zero attached hydrogens (tertiary/aromatic N) is 6. The molecule has 0 bridgehead atoms. The molecule has 3 fully saturated rings. The van der Waals surface area contributed by atoms with E-state index >= 15 is 0 Å². The summed E-state index contributed by atoms with van der Waals surface area (Å²) in [4.78, 5) is 35.7. The lowest BCUT2D eigenvalue weighted by Crippen LogP contribution is -2.61. The largest absolute Gasteiger partial charge is 0.507 e. The first kappa shape index (κ1) is 41.2. The van der Waals surface area contributed by atoms with Gasteiger partial charge in [0.1, 0.15) is 22.6 Å². The number of phenolic OH excluding ortho intramolecular Hbond substituents is 1. The lowest BCUT2D eigenvalue weighted by atomic mass is 9.57. The number of para-hydroxylation sites is 1. The molecule has 4 aromatic heterocycles. The van der Waals surface area contributed by atoms with Crippen LogP contribution >= 0.6 is 22.7 Å². The van der Waals surface area contributed by atoms with Gasteiger partial charge in [0.05, 0.1) is 33.7 Å². The van der Waals surface area contributed by atoms with Crippen LogP contribution in [0.15, 0.2) is 76.8 Å². The van der Waals surface area contributed by atoms with Crippen molar-refractivity contribution in [2.75, 3.05) is 31.6 Å². The van der Waals surface area contributed by atoms with E-state index in [9.17, 15) is 14.7 Å². The summed E-state index contributed by atoms with van der Waals surface area (Å²) in [6, 6.07) is 21.8. The SMILES string of the molecule is CC.CC(C)C(C=O)c1cc(N2CC3(CC(c4cc5cc(-c6ccccc6O)nnc5s4)C3)C2)no1.Cc1ncsc1-c1ccc(CNC(=O)C2CCCN2C)cc1. The molecular formula is C45H53N7O4S2. The Hall–Kier alpha value is -4.98. The van der Waals surface area contributed by atoms with Crippen molar-refractivity contribution in [2.45, 2.75) is 84.7 Å². The predicted octanol–water partition coefficient (Wildman–Crippen LogP) is 9.23. The zero-order chi connectivity index (χ0) is 41.0. The summed E-state index contributed by atoms with van der Waals surface area (Å²) in [6.07, 6.45) is 5.33. The summed E-state index contributed by atoms with van der Waals surface area (Å²) in [5.74, 6) is 2.34. The van der Waals surface area contributed by atoms with E-state index in [0.29, 0.717) is 34.9 Å². The van der Waals surface area contributed by atoms with E-state index in [2.05, 4.69) is 65.8 Å². The van der Waals surface area contributed by atoms with Crippen LogP contribution in [-0.2, 0) is 16.1 Å². The average Bonchev–Trinajstić information content (AvgIpc) is 4.03. The van der Waals surface area contributed by atoms with Crippen molar-refractivity contribution in [2.24, 2.45) is 11.3 Å². The van der Waals surface area contributed by atoms with Crippen molar-refractivity contribution in [1.29, 1.82) is 0 Å². The van der Waals surface area contributed by atoms with Gasteiger partial charge >= 0.3 is 0 Å². The summed E-state index contributed by atoms with van der Waals surface area (Å²) < 4.78 is 5.48. The summed E-state index contributed by atoms with van der Waals surface area (Å²) in [5.41, 5.74) is 6.98. The molecule has 2 aliphatic heterocycles. The highest BCUT2D eigenvalue weighted by atomic mass is 32.1. The van der Waals surface area contributed by atoms with Crippen molar-refractivity contribution in [3.63, 3.8) is 0 Å². The monoisotopic (exact) mass is 819 g/mol. The number of anilines is 1. The maximum Gasteiger partial charge on any atom is 0.237 e. The molecule has 0 radical (unpaired) electrons. The number of aldehydes is 1. The number of thiophene rings is 1. The van der Waals surface area contributed by atoms with Gasteiger partial charge in [-0.2, -0.15) is 0 Å². The number of carbonyl (C=O) groups excluding carboxylic acids is 2. The molecule has 6 aromatic rings. The minimum atomic E-state index is -0.244. The molecule has 2 atom stereocenters. The quantitative estimate of drug-likeness (QED) is 0.129. The number of aromatic hydroxyl groups is 1. The Bertz CT molecular complexity index is 2320. The second kappa shape index (κ2) is 17.9. The van der Waals surface area contributed by atoms with Crippen molar-refractivity contribution < 1.29 is 19.2 Å². The van der Waals surface area contributed by atoms with E-state index in [0.717, 1.165) is 78.9 Å². The summed E-state index contributed by atoms with van der Waals surface area (Å²) in [7, 11) is 2.02. The maximum atomic E-state index is 12.2. The van der Waals surface area contributed by atoms with Crippen LogP contribution in [0.1, 0.15) is 87.1 Å². The molecule has 11 nitrogen and oxygen atoms in total. The number of benzene rings is 2. The standard InChI is InChI=1S/C26H26N4O3S.C17H21N3OS.C2H6/c1-15(2)19(12-31)22-9-24(29-33-22)30-13-26(14-30)10-17(11-26)23-8-16-7-20(27-28-25(16)34-23)18-5-3-4-6-21(18)32;1-12-16(22-11-19-12)14-7-5-13(6-8-14)10-18-17(21)15-4-3-9-20(15)2;1-2/h3-9,12,15,17,19,32H,10-11,13-14H2,1-2H3;5-8,11,15H,3-4,9-10H2,1-2H3,(H,18,21);1-2H3. The average molecular weight is 820 g/mol. The van der Waals surface area contributed by atoms with Crippen LogP contribution in [0.25, 0.3) is 31.9 Å². The van der Waals surface area contributed by atoms with Crippen LogP contribution in [0.3, 0.4) is 0 Å². The van der Waals surface area contributed by atoms with Gasteiger partial charge in [-0.05, 0) is 93.4 Å². The van der Waals surface area contributed by atoms with Gasteiger partial charge < -0.3 is 24.6 Å². The lowest BCUT2D eigenvalue weighted by molar-refractivity contribution is -0.125. The molecule has 58 heavy (non-hydrogen) atoms. The third-order valence-corrected chi connectivity index (χ3v) is 13.8. The Balaban J connectivity index is 0.000000185. The van der Waals surface area contributed by atoms with Gasteiger partial charge in [-0.3, -0.25) is 9.69 Å². The highest BCUT2D eigenvalue weighted by Crippen LogP contribution is 2.58. The number of likely N-dealkylation sites (N-methyl/N-ethyl adjacent to an activating group) is 1. The maximum absolute atomic E-state index is 12.2. The molecule has 304 valence electrons. The number of rotatable bonds is 10. The second-order valence-corrected chi connectivity index (χ2v) is 17.8. The zero-order valence-electron chi connectivity index (χ0n) is 34.1. The van der Waals surface area contributed by atoms with Gasteiger partial charge in [0.15, 0.2) is 5.82 Å². The number of hydrogen-bond acceptors (Lipinski definition) is 12. The molecule has 1 spiro atoms. The van der Waals surface area contributed by atoms with Crippen molar-refractivity contribution >= 4 is 50.9 Å². The molecule has 9 rings (SSSR count). The number of phenols is 1. The van der Waals surface area contributed by atoms with Gasteiger partial charge in [-0.25, -0.2) is 4.98 Å². The molecule has 3 aliphatic rings. The summed E-state index contributed by atoms with van der Waals surface area (Å²) in [5, 5.41) is 27.3. The second-order valence-electron chi connectivity index (χ2n) is 15.9. The van der Waals surface area contributed by atoms with Crippen LogP contribution in [0.5, 0.6) is 5.75 Å². The van der Waals surface area contributed by atoms with Crippen molar-refractivity contribution in [3.8, 4) is 27.4 Å². The van der Waals surface area contributed by atoms with Gasteiger partial charge in [-0.1, -0.05) is 69.2 Å². The van der Waals surface area contributed by atoms with E-state index in [4.69, 9.17) is 4.52 Å². The topological polar surface area (TPSA) is 138 Å². The number of fused-ring (bicyclic) bond motifs is 1. The third-order valence-electron chi connectivity index (χ3n) is 11.6. The summed E-state index contributed by atoms with van der Waals surface area (Å²) in [6.45, 7) is 13.6. The number of amides is 1. The fourth-order valence-electron chi connectivity index (χ4n) is 8.31. The van der Waals surface area contributed by atoms with E-state index < -0.39 is 0 Å². The Labute approximate surface area is 348 Å². The van der Waals surface area contributed by atoms with E-state index in [-0.39, 0.29) is 29.5 Å². The number of hydrogen-bond donors (Lipinski definition) is 2. The van der Waals surface area contributed by atoms with Gasteiger partial charge in [-0.15, -0.1) is 32.9 Å². The first-order valence-electron chi connectivity index (χ1n) is 20.3. The van der Waals surface area contributed by atoms with Crippen molar-refractivity contribution in [1.82, 2.24) is 30.6 Å². The van der Waals surface area contributed by atoms with E-state index in [1.54, 1.807) is 34.8 Å². The molecule has 2 unspecified atom stereocenters. The van der Waals surface area contributed by atoms with Crippen LogP contribution in [0.2, 0.25) is 0 Å². The van der Waals surface area contributed by atoms with Gasteiger partial charge in [0, 0.05) is 46.9 Å². The smallest absolute Gasteiger partial charge is 0.237 e. The molecule has 13 heteroatoms. The molecule has 1 amide bonds. The fourth-order valence-corrected chi connectivity index (χ4v) is 10.2. The first-order chi connectivity index (χ1) is 28.1. The van der Waals surface area contributed by atoms with Crippen LogP contribution in [0, 0.1) is 18.3 Å². The zero-order valence-corrected chi connectivity index (χ0v) is 35.8. The number of thiazole rings is 1. The molecule has 2 aromatic carbocycles. The molecule has 2 saturated heterocycles. The van der Waals surface area contributed by atoms with Gasteiger partial charge in [0.2, 0.25) is 5.91 Å². The molecular weight excluding hydrogens is 767 g/mol. The third kappa shape index (κ3) is 8.72. The minimum absolute atomic E-state index is 0.0408. The molecule has 1 aliphatic carbocycles. The molecule has 2 N–H and O–H groups in total. The highest BCUT2D eigenvalue weighted by molar-refractivity contribution is 7.18. The lowest BCUT2D eigenvalue weighted by Gasteiger charge is -2.59. The normalized spacial score (nSPS) is 17.8.